The average Bonchev–Trinajstić information content (AvgIpc) is 3.09. The van der Waals surface area contributed by atoms with Gasteiger partial charge in [-0.25, -0.2) is 4.98 Å². The van der Waals surface area contributed by atoms with E-state index < -0.39 is 0 Å². The standard InChI is InChI=1S/C38H47ClN8O/c1-4-34(48)47-22-21-45(24-28(47)14-18-40)36-30-13-15-38(23-32(30)41-37(42-36)46-25-29(26-46)43(5-2)6-3)16-19-44(20-17-38)33-12-8-10-27-9-7-11-31(39)35(27)33/h4,7-12,28-29H,1,5-6,13-17,19-26H2,2-3H3. The summed E-state index contributed by atoms with van der Waals surface area (Å²) in [6.45, 7) is 15.9. The molecule has 3 aliphatic heterocycles. The minimum absolute atomic E-state index is 0.109. The van der Waals surface area contributed by atoms with Crippen molar-refractivity contribution in [2.45, 2.75) is 64.5 Å². The van der Waals surface area contributed by atoms with E-state index in [0.29, 0.717) is 25.7 Å². The highest BCUT2D eigenvalue weighted by molar-refractivity contribution is 6.36. The second-order valence-electron chi connectivity index (χ2n) is 14.0. The van der Waals surface area contributed by atoms with Crippen molar-refractivity contribution in [3.63, 3.8) is 0 Å². The first-order valence-electron chi connectivity index (χ1n) is 17.7. The van der Waals surface area contributed by atoms with E-state index in [-0.39, 0.29) is 23.8 Å². The highest BCUT2D eigenvalue weighted by Gasteiger charge is 2.42. The molecule has 1 unspecified atom stereocenters. The maximum atomic E-state index is 12.7. The van der Waals surface area contributed by atoms with Gasteiger partial charge in [-0.1, -0.05) is 56.3 Å². The number of benzene rings is 2. The monoisotopic (exact) mass is 666 g/mol. The lowest BCUT2D eigenvalue weighted by atomic mass is 9.67. The Balaban J connectivity index is 1.16. The third-order valence-corrected chi connectivity index (χ3v) is 11.9. The van der Waals surface area contributed by atoms with Crippen LogP contribution in [-0.4, -0.2) is 96.7 Å². The Morgan fingerprint density at radius 1 is 1.02 bits per heavy atom. The molecule has 10 heteroatoms. The van der Waals surface area contributed by atoms with Crippen molar-refractivity contribution in [3.8, 4) is 6.07 Å². The molecule has 4 aliphatic rings. The molecule has 4 heterocycles. The van der Waals surface area contributed by atoms with Crippen LogP contribution in [0.5, 0.6) is 0 Å². The first kappa shape index (κ1) is 32.7. The lowest BCUT2D eigenvalue weighted by molar-refractivity contribution is -0.128. The summed E-state index contributed by atoms with van der Waals surface area (Å²) in [4.78, 5) is 34.8. The number of halogens is 1. The zero-order chi connectivity index (χ0) is 33.4. The summed E-state index contributed by atoms with van der Waals surface area (Å²) in [6, 6.07) is 15.3. The van der Waals surface area contributed by atoms with E-state index in [0.717, 1.165) is 93.5 Å². The van der Waals surface area contributed by atoms with Gasteiger partial charge in [0.1, 0.15) is 5.82 Å². The summed E-state index contributed by atoms with van der Waals surface area (Å²) in [6.07, 6.45) is 6.89. The molecule has 1 amide bonds. The molecule has 3 aromatic rings. The molecule has 48 heavy (non-hydrogen) atoms. The summed E-state index contributed by atoms with van der Waals surface area (Å²) >= 11 is 6.72. The van der Waals surface area contributed by atoms with Crippen molar-refractivity contribution in [1.29, 1.82) is 5.26 Å². The highest BCUT2D eigenvalue weighted by Crippen LogP contribution is 2.47. The van der Waals surface area contributed by atoms with Crippen LogP contribution in [-0.2, 0) is 17.6 Å². The summed E-state index contributed by atoms with van der Waals surface area (Å²) in [5.74, 6) is 1.73. The molecule has 252 valence electrons. The van der Waals surface area contributed by atoms with Crippen molar-refractivity contribution >= 4 is 45.7 Å². The van der Waals surface area contributed by atoms with E-state index in [1.165, 1.54) is 28.4 Å². The van der Waals surface area contributed by atoms with Gasteiger partial charge in [-0.05, 0) is 74.2 Å². The van der Waals surface area contributed by atoms with Gasteiger partial charge in [-0.3, -0.25) is 9.69 Å². The number of carbonyl (C=O) groups is 1. The number of fused-ring (bicyclic) bond motifs is 2. The van der Waals surface area contributed by atoms with E-state index >= 15 is 0 Å². The lowest BCUT2D eigenvalue weighted by Crippen LogP contribution is -2.60. The highest BCUT2D eigenvalue weighted by atomic mass is 35.5. The van der Waals surface area contributed by atoms with Crippen LogP contribution >= 0.6 is 11.6 Å². The molecule has 1 atom stereocenters. The van der Waals surface area contributed by atoms with E-state index in [9.17, 15) is 10.1 Å². The number of piperazine rings is 1. The fourth-order valence-corrected chi connectivity index (χ4v) is 8.94. The summed E-state index contributed by atoms with van der Waals surface area (Å²) in [5.41, 5.74) is 3.89. The van der Waals surface area contributed by atoms with E-state index in [4.69, 9.17) is 21.6 Å². The van der Waals surface area contributed by atoms with Crippen LogP contribution in [0.2, 0.25) is 5.02 Å². The molecule has 1 spiro atoms. The summed E-state index contributed by atoms with van der Waals surface area (Å²) < 4.78 is 0. The number of nitriles is 1. The van der Waals surface area contributed by atoms with Gasteiger partial charge in [0.2, 0.25) is 11.9 Å². The molecule has 3 fully saturated rings. The molecule has 1 aliphatic carbocycles. The molecular formula is C38H47ClN8O. The number of piperidine rings is 1. The summed E-state index contributed by atoms with van der Waals surface area (Å²) in [5, 5.41) is 12.8. The van der Waals surface area contributed by atoms with Crippen molar-refractivity contribution in [2.75, 3.05) is 73.6 Å². The Kier molecular flexibility index (Phi) is 9.23. The second kappa shape index (κ2) is 13.6. The minimum Gasteiger partial charge on any atom is -0.371 e. The van der Waals surface area contributed by atoms with Crippen LogP contribution in [0.1, 0.15) is 50.8 Å². The van der Waals surface area contributed by atoms with Crippen molar-refractivity contribution < 1.29 is 4.79 Å². The molecule has 0 N–H and O–H groups in total. The van der Waals surface area contributed by atoms with Crippen LogP contribution in [0, 0.1) is 16.7 Å². The Hall–Kier alpha value is -3.87. The van der Waals surface area contributed by atoms with Gasteiger partial charge in [-0.2, -0.15) is 10.2 Å². The van der Waals surface area contributed by atoms with Crippen molar-refractivity contribution in [3.05, 3.63) is 65.3 Å². The molecule has 0 bridgehead atoms. The lowest BCUT2D eigenvalue weighted by Gasteiger charge is -2.48. The van der Waals surface area contributed by atoms with Gasteiger partial charge >= 0.3 is 0 Å². The quantitative estimate of drug-likeness (QED) is 0.283. The normalized spacial score (nSPS) is 20.9. The Bertz CT molecular complexity index is 1710. The third-order valence-electron chi connectivity index (χ3n) is 11.5. The molecule has 3 saturated heterocycles. The molecule has 9 nitrogen and oxygen atoms in total. The van der Waals surface area contributed by atoms with Gasteiger partial charge in [0.25, 0.3) is 0 Å². The van der Waals surface area contributed by atoms with Crippen molar-refractivity contribution in [1.82, 2.24) is 19.8 Å². The van der Waals surface area contributed by atoms with Crippen LogP contribution in [0.15, 0.2) is 49.1 Å². The number of likely N-dealkylation sites (N-methyl/N-ethyl adjacent to an activating group) is 1. The predicted octanol–water partition coefficient (Wildman–Crippen LogP) is 5.71. The fourth-order valence-electron chi connectivity index (χ4n) is 8.66. The molecule has 2 aromatic carbocycles. The number of hydrogen-bond acceptors (Lipinski definition) is 8. The fraction of sp³-hybridized carbons (Fsp3) is 0.526. The van der Waals surface area contributed by atoms with E-state index in [1.54, 1.807) is 4.90 Å². The minimum atomic E-state index is -0.193. The smallest absolute Gasteiger partial charge is 0.246 e. The molecule has 1 aromatic heterocycles. The molecule has 0 saturated carbocycles. The van der Waals surface area contributed by atoms with E-state index in [2.05, 4.69) is 70.4 Å². The second-order valence-corrected chi connectivity index (χ2v) is 14.4. The Morgan fingerprint density at radius 2 is 1.77 bits per heavy atom. The predicted molar refractivity (Wildman–Crippen MR) is 194 cm³/mol. The van der Waals surface area contributed by atoms with Gasteiger partial charge in [0.05, 0.1) is 29.2 Å². The number of carbonyl (C=O) groups excluding carboxylic acids is 1. The number of aromatic nitrogens is 2. The van der Waals surface area contributed by atoms with Gasteiger partial charge in [-0.15, -0.1) is 0 Å². The maximum Gasteiger partial charge on any atom is 0.246 e. The van der Waals surface area contributed by atoms with E-state index in [1.807, 2.05) is 12.1 Å². The number of hydrogen-bond donors (Lipinski definition) is 0. The zero-order valence-electron chi connectivity index (χ0n) is 28.4. The number of amides is 1. The van der Waals surface area contributed by atoms with Crippen LogP contribution in [0.25, 0.3) is 10.8 Å². The van der Waals surface area contributed by atoms with Gasteiger partial charge < -0.3 is 19.6 Å². The molecular weight excluding hydrogens is 620 g/mol. The largest absolute Gasteiger partial charge is 0.371 e. The van der Waals surface area contributed by atoms with Crippen LogP contribution in [0.3, 0.4) is 0 Å². The topological polar surface area (TPSA) is 82.8 Å². The number of anilines is 3. The van der Waals surface area contributed by atoms with Crippen LogP contribution < -0.4 is 14.7 Å². The first-order chi connectivity index (χ1) is 23.4. The SMILES string of the molecule is C=CC(=O)N1CCN(c2nc(N3CC(N(CC)CC)C3)nc3c2CCC2(CCN(c4cccc5cccc(Cl)c45)CC2)C3)CC1CC#N. The van der Waals surface area contributed by atoms with Gasteiger partial charge in [0, 0.05) is 68.5 Å². The Labute approximate surface area is 289 Å². The average molecular weight is 667 g/mol. The van der Waals surface area contributed by atoms with Crippen molar-refractivity contribution in [2.24, 2.45) is 5.41 Å². The van der Waals surface area contributed by atoms with Crippen LogP contribution in [0.4, 0.5) is 17.5 Å². The summed E-state index contributed by atoms with van der Waals surface area (Å²) in [7, 11) is 0. The number of rotatable bonds is 8. The maximum absolute atomic E-state index is 12.7. The third kappa shape index (κ3) is 5.98. The molecule has 7 rings (SSSR count). The Morgan fingerprint density at radius 3 is 2.48 bits per heavy atom. The molecule has 0 radical (unpaired) electrons. The first-order valence-corrected chi connectivity index (χ1v) is 18.1. The zero-order valence-corrected chi connectivity index (χ0v) is 29.1. The number of nitrogens with zero attached hydrogens (tertiary/aromatic N) is 8. The van der Waals surface area contributed by atoms with Gasteiger partial charge in [0.15, 0.2) is 0 Å².